The summed E-state index contributed by atoms with van der Waals surface area (Å²) in [6.07, 6.45) is 0. The molecule has 0 fully saturated rings. The molecule has 0 saturated heterocycles. The van der Waals surface area contributed by atoms with Gasteiger partial charge in [-0.1, -0.05) is 317 Å². The number of fused-ring (bicyclic) bond motifs is 44. The summed E-state index contributed by atoms with van der Waals surface area (Å²) in [5, 5.41) is 26.7. The van der Waals surface area contributed by atoms with Crippen molar-refractivity contribution in [2.45, 2.75) is 19.3 Å². The molecule has 1 aliphatic carbocycles. The molecule has 0 bridgehead atoms. The van der Waals surface area contributed by atoms with Crippen molar-refractivity contribution in [1.82, 2.24) is 27.4 Å². The summed E-state index contributed by atoms with van der Waals surface area (Å²) in [6, 6.07) is 166. The van der Waals surface area contributed by atoms with E-state index in [0.717, 1.165) is 117 Å². The minimum Gasteiger partial charge on any atom is -0.455 e. The Labute approximate surface area is 821 Å². The summed E-state index contributed by atoms with van der Waals surface area (Å²) in [5.74, 6) is 0. The van der Waals surface area contributed by atoms with Gasteiger partial charge >= 0.3 is 0 Å². The number of furan rings is 3. The predicted molar refractivity (Wildman–Crippen MR) is 601 cm³/mol. The Morgan fingerprint density at radius 2 is 0.559 bits per heavy atom. The van der Waals surface area contributed by atoms with Crippen molar-refractivity contribution in [2.24, 2.45) is 0 Å². The van der Waals surface area contributed by atoms with Crippen molar-refractivity contribution in [1.29, 1.82) is 0 Å². The fourth-order valence-corrected chi connectivity index (χ4v) is 26.3. The van der Waals surface area contributed by atoms with E-state index in [4.69, 9.17) is 13.3 Å². The lowest BCUT2D eigenvalue weighted by molar-refractivity contribution is 0.659. The van der Waals surface area contributed by atoms with E-state index in [0.29, 0.717) is 0 Å². The van der Waals surface area contributed by atoms with Crippen molar-refractivity contribution >= 4 is 239 Å². The molecule has 10 aromatic heterocycles. The number of hydrogen-bond acceptors (Lipinski definition) is 4. The van der Waals surface area contributed by atoms with E-state index in [1.807, 2.05) is 11.3 Å². The van der Waals surface area contributed by atoms with Crippen molar-refractivity contribution in [3.63, 3.8) is 0 Å². The molecule has 0 radical (unpaired) electrons. The molecule has 0 amide bonds. The Morgan fingerprint density at radius 1 is 0.210 bits per heavy atom. The van der Waals surface area contributed by atoms with Crippen LogP contribution in [0, 0.1) is 0 Å². The number of benzene rings is 22. The SMILES string of the molecule is CC1(C)c2ccccc2-c2c1c1c3ccccc3oc1c1c3cc(-c4ccc5c(c4)c4c6ccccc6ccc4n5-c4ccccc4)ccc3n(-c3ccccc3)c21.c1ccc(-n2c3ccccc3c3c4oc5ccccc5c4c4sc5ccccc5c4c32)cc1.c1ccc(-n2c3ccccc3c3cc(-n4c5ccccc5c5c6c(c7ccccc7n6-c6ccccc6)c6oc7ccccc7c6c54)ccc32)cc1. The number of nitrogens with zero attached hydrogens (tertiary/aromatic N) is 6. The molecule has 33 rings (SSSR count). The van der Waals surface area contributed by atoms with E-state index in [9.17, 15) is 0 Å². The second-order valence-electron chi connectivity index (χ2n) is 38.6. The van der Waals surface area contributed by atoms with Gasteiger partial charge in [0.2, 0.25) is 0 Å². The van der Waals surface area contributed by atoms with Gasteiger partial charge in [0.25, 0.3) is 0 Å². The van der Waals surface area contributed by atoms with E-state index in [1.54, 1.807) is 0 Å². The first kappa shape index (κ1) is 79.6. The Hall–Kier alpha value is -18.5. The number of rotatable bonds is 7. The quantitative estimate of drug-likeness (QED) is 0.160. The molecule has 0 atom stereocenters. The Balaban J connectivity index is 0.000000102. The van der Waals surface area contributed by atoms with E-state index >= 15 is 0 Å². The van der Waals surface area contributed by atoms with Crippen LogP contribution in [-0.4, -0.2) is 27.4 Å². The molecule has 10 heterocycles. The molecular formula is C133H82N6O3S. The van der Waals surface area contributed by atoms with Crippen LogP contribution >= 0.6 is 11.3 Å². The van der Waals surface area contributed by atoms with Crippen molar-refractivity contribution in [3.8, 4) is 56.4 Å². The molecule has 668 valence electrons. The summed E-state index contributed by atoms with van der Waals surface area (Å²) in [6.45, 7) is 4.76. The first-order chi connectivity index (χ1) is 70.8. The van der Waals surface area contributed by atoms with Crippen LogP contribution in [0.5, 0.6) is 0 Å². The van der Waals surface area contributed by atoms with E-state index in [-0.39, 0.29) is 5.41 Å². The highest BCUT2D eigenvalue weighted by molar-refractivity contribution is 7.27. The molecule has 1 aliphatic rings. The van der Waals surface area contributed by atoms with Crippen LogP contribution < -0.4 is 0 Å². The molecule has 143 heavy (non-hydrogen) atoms. The summed E-state index contributed by atoms with van der Waals surface area (Å²) in [4.78, 5) is 0. The number of para-hydroxylation sites is 12. The van der Waals surface area contributed by atoms with Crippen LogP contribution in [0.4, 0.5) is 0 Å². The highest BCUT2D eigenvalue weighted by Crippen LogP contribution is 2.60. The third kappa shape index (κ3) is 11.2. The maximum atomic E-state index is 7.06. The summed E-state index contributed by atoms with van der Waals surface area (Å²) < 4.78 is 37.9. The van der Waals surface area contributed by atoms with Crippen molar-refractivity contribution in [2.75, 3.05) is 0 Å². The van der Waals surface area contributed by atoms with Gasteiger partial charge in [-0.15, -0.1) is 11.3 Å². The topological polar surface area (TPSA) is 69.0 Å². The van der Waals surface area contributed by atoms with E-state index in [2.05, 4.69) is 502 Å². The van der Waals surface area contributed by atoms with Gasteiger partial charge in [-0.25, -0.2) is 0 Å². The number of aromatic nitrogens is 6. The number of hydrogen-bond donors (Lipinski definition) is 0. The third-order valence-corrected chi connectivity index (χ3v) is 32.0. The zero-order valence-electron chi connectivity index (χ0n) is 77.7. The van der Waals surface area contributed by atoms with Crippen LogP contribution in [-0.2, 0) is 5.41 Å². The summed E-state index contributed by atoms with van der Waals surface area (Å²) >= 11 is 1.87. The predicted octanol–water partition coefficient (Wildman–Crippen LogP) is 36.8. The molecule has 32 aromatic rings. The lowest BCUT2D eigenvalue weighted by Crippen LogP contribution is -2.15. The van der Waals surface area contributed by atoms with E-state index in [1.165, 1.54) is 178 Å². The van der Waals surface area contributed by atoms with E-state index < -0.39 is 0 Å². The van der Waals surface area contributed by atoms with Crippen molar-refractivity contribution < 1.29 is 13.3 Å². The van der Waals surface area contributed by atoms with Gasteiger partial charge in [0.1, 0.15) is 33.5 Å². The molecule has 0 spiro atoms. The second kappa shape index (κ2) is 30.3. The Morgan fingerprint density at radius 3 is 1.12 bits per heavy atom. The van der Waals surface area contributed by atoms with Gasteiger partial charge in [0.05, 0.1) is 87.7 Å². The average Bonchev–Trinajstić information content (AvgIpc) is 1.51. The Kier molecular flexibility index (Phi) is 16.8. The minimum atomic E-state index is -0.230. The van der Waals surface area contributed by atoms with Crippen LogP contribution in [0.15, 0.2) is 474 Å². The standard InChI is InChI=1S/C55H36N2O.C48H29N3O.C30H17NOS/c1-55(2)43-23-13-11-21-39(43)49-52(55)50-40-22-12-14-24-47(40)58-54(50)51-42-32-35(27-29-45(42)57(53(49)51)37-18-7-4-8-19-37)34-26-28-44-41(31-34)48-38-20-10-9-15-33(38)25-30-46(48)56(44)36-16-5-3-6-17-36;1-3-15-30(16-4-1)49-38-23-11-7-19-33(38)37-29-32(27-28-41(37)49)51-39-24-12-8-20-34(39)43-46-44(48-45(47(43)51)36-22-10-14-26-42(36)52-48)35-21-9-13-25-40(35)50(46)31-17-5-2-6-18-31;1-2-10-18(11-3-1)31-22-15-7-4-12-19(22)25-28(31)26-21-14-6-9-17-24(21)33-30(26)27-20-13-5-8-16-23(20)32-29(25)27/h3-32H,1-2H3;1-29H;1-17H. The average molecular weight is 1840 g/mol. The largest absolute Gasteiger partial charge is 0.455 e. The molecule has 0 N–H and O–H groups in total. The maximum absolute atomic E-state index is 7.06. The van der Waals surface area contributed by atoms with Gasteiger partial charge in [-0.3, -0.25) is 0 Å². The monoisotopic (exact) mass is 1840 g/mol. The fourth-order valence-electron chi connectivity index (χ4n) is 25.0. The molecule has 22 aromatic carbocycles. The normalized spacial score (nSPS) is 12.7. The highest BCUT2D eigenvalue weighted by atomic mass is 32.1. The van der Waals surface area contributed by atoms with Crippen LogP contribution in [0.2, 0.25) is 0 Å². The molecule has 10 heteroatoms. The third-order valence-electron chi connectivity index (χ3n) is 30.8. The van der Waals surface area contributed by atoms with Gasteiger partial charge < -0.3 is 40.7 Å². The van der Waals surface area contributed by atoms with Crippen molar-refractivity contribution in [3.05, 3.63) is 472 Å². The second-order valence-corrected chi connectivity index (χ2v) is 39.7. The molecule has 9 nitrogen and oxygen atoms in total. The lowest BCUT2D eigenvalue weighted by Gasteiger charge is -2.22. The Bertz CT molecular complexity index is 11000. The summed E-state index contributed by atoms with van der Waals surface area (Å²) in [7, 11) is 0. The maximum Gasteiger partial charge on any atom is 0.147 e. The molecular weight excluding hydrogens is 1760 g/mol. The van der Waals surface area contributed by atoms with Crippen LogP contribution in [0.25, 0.3) is 284 Å². The minimum absolute atomic E-state index is 0.230. The van der Waals surface area contributed by atoms with Gasteiger partial charge in [0, 0.05) is 141 Å². The molecule has 0 saturated carbocycles. The number of thiophene rings is 1. The fraction of sp³-hybridized carbons (Fsp3) is 0.0226. The first-order valence-electron chi connectivity index (χ1n) is 49.1. The smallest absolute Gasteiger partial charge is 0.147 e. The molecule has 0 unspecified atom stereocenters. The van der Waals surface area contributed by atoms with Gasteiger partial charge in [-0.2, -0.15) is 0 Å². The van der Waals surface area contributed by atoms with Crippen LogP contribution in [0.3, 0.4) is 0 Å². The zero-order chi connectivity index (χ0) is 93.7. The molecule has 0 aliphatic heterocycles. The lowest BCUT2D eigenvalue weighted by atomic mass is 9.80. The summed E-state index contributed by atoms with van der Waals surface area (Å²) in [5.41, 5.74) is 34.1. The van der Waals surface area contributed by atoms with Crippen LogP contribution in [0.1, 0.15) is 25.0 Å². The van der Waals surface area contributed by atoms with Gasteiger partial charge in [0.15, 0.2) is 0 Å². The van der Waals surface area contributed by atoms with Gasteiger partial charge in [-0.05, 0) is 196 Å². The first-order valence-corrected chi connectivity index (χ1v) is 49.9. The highest BCUT2D eigenvalue weighted by Gasteiger charge is 2.42. The zero-order valence-corrected chi connectivity index (χ0v) is 78.5.